The van der Waals surface area contributed by atoms with Gasteiger partial charge in [0.1, 0.15) is 0 Å². The Morgan fingerprint density at radius 2 is 2.13 bits per heavy atom. The number of hydrogen-bond acceptors (Lipinski definition) is 2. The average Bonchev–Trinajstić information content (AvgIpc) is 3.32. The van der Waals surface area contributed by atoms with Crippen LogP contribution in [-0.4, -0.2) is 32.8 Å². The van der Waals surface area contributed by atoms with Gasteiger partial charge in [0.05, 0.1) is 6.04 Å². The lowest BCUT2D eigenvalue weighted by Gasteiger charge is -2.22. The third-order valence-electron chi connectivity index (χ3n) is 4.52. The second kappa shape index (κ2) is 8.55. The van der Waals surface area contributed by atoms with Crippen LogP contribution in [0.2, 0.25) is 5.02 Å². The molecule has 1 aliphatic rings. The van der Waals surface area contributed by atoms with Crippen molar-refractivity contribution < 1.29 is 4.74 Å². The Hall–Kier alpha value is -1.26. The first-order valence-electron chi connectivity index (χ1n) is 8.39. The summed E-state index contributed by atoms with van der Waals surface area (Å²) in [5, 5.41) is 7.65. The third-order valence-corrected chi connectivity index (χ3v) is 4.86. The highest BCUT2D eigenvalue weighted by Gasteiger charge is 2.42. The van der Waals surface area contributed by atoms with Crippen molar-refractivity contribution in [2.45, 2.75) is 39.2 Å². The molecule has 1 atom stereocenters. The van der Waals surface area contributed by atoms with Gasteiger partial charge in [0, 0.05) is 31.8 Å². The smallest absolute Gasteiger partial charge is 0.191 e. The number of nitrogens with one attached hydrogen (secondary N) is 2. The van der Waals surface area contributed by atoms with Crippen LogP contribution in [0, 0.1) is 5.41 Å². The summed E-state index contributed by atoms with van der Waals surface area (Å²) >= 11 is 6.26. The van der Waals surface area contributed by atoms with Crippen molar-refractivity contribution in [2.75, 3.05) is 26.8 Å². The summed E-state index contributed by atoms with van der Waals surface area (Å²) in [5.41, 5.74) is 1.47. The molecule has 1 unspecified atom stereocenters. The highest BCUT2D eigenvalue weighted by Crippen LogP contribution is 2.48. The molecule has 128 valence electrons. The maximum Gasteiger partial charge on any atom is 0.191 e. The standard InChI is InChI=1S/C18H28ClN3O/c1-4-23-12-11-18(9-10-18)13-21-17(20-3)22-14(2)15-7-5-6-8-16(15)19/h5-8,14H,4,9-13H2,1-3H3,(H2,20,21,22). The van der Waals surface area contributed by atoms with Gasteiger partial charge in [-0.3, -0.25) is 4.99 Å². The van der Waals surface area contributed by atoms with Crippen LogP contribution < -0.4 is 10.6 Å². The lowest BCUT2D eigenvalue weighted by Crippen LogP contribution is -2.41. The molecule has 23 heavy (non-hydrogen) atoms. The fourth-order valence-corrected chi connectivity index (χ4v) is 3.00. The minimum Gasteiger partial charge on any atom is -0.382 e. The molecule has 1 aliphatic carbocycles. The molecule has 1 aromatic rings. The molecule has 0 radical (unpaired) electrons. The lowest BCUT2D eigenvalue weighted by atomic mass is 10.0. The van der Waals surface area contributed by atoms with E-state index in [1.807, 2.05) is 31.2 Å². The highest BCUT2D eigenvalue weighted by atomic mass is 35.5. The zero-order valence-electron chi connectivity index (χ0n) is 14.4. The maximum atomic E-state index is 6.26. The topological polar surface area (TPSA) is 45.6 Å². The van der Waals surface area contributed by atoms with Crippen molar-refractivity contribution >= 4 is 17.6 Å². The van der Waals surface area contributed by atoms with Crippen LogP contribution in [0.4, 0.5) is 0 Å². The molecule has 0 bridgehead atoms. The summed E-state index contributed by atoms with van der Waals surface area (Å²) in [4.78, 5) is 4.33. The van der Waals surface area contributed by atoms with Crippen molar-refractivity contribution in [1.82, 2.24) is 10.6 Å². The normalized spacial score (nSPS) is 17.7. The zero-order chi connectivity index (χ0) is 16.7. The largest absolute Gasteiger partial charge is 0.382 e. The Morgan fingerprint density at radius 1 is 1.39 bits per heavy atom. The summed E-state index contributed by atoms with van der Waals surface area (Å²) < 4.78 is 5.49. The Labute approximate surface area is 144 Å². The van der Waals surface area contributed by atoms with Crippen molar-refractivity contribution in [3.05, 3.63) is 34.9 Å². The first-order chi connectivity index (χ1) is 11.1. The van der Waals surface area contributed by atoms with Gasteiger partial charge in [0.2, 0.25) is 0 Å². The van der Waals surface area contributed by atoms with Crippen LogP contribution in [0.15, 0.2) is 29.3 Å². The minimum atomic E-state index is 0.105. The zero-order valence-corrected chi connectivity index (χ0v) is 15.1. The molecule has 0 amide bonds. The molecule has 0 aromatic heterocycles. The predicted molar refractivity (Wildman–Crippen MR) is 97.1 cm³/mol. The molecule has 4 nitrogen and oxygen atoms in total. The molecule has 0 heterocycles. The van der Waals surface area contributed by atoms with Crippen LogP contribution in [0.1, 0.15) is 44.7 Å². The first-order valence-corrected chi connectivity index (χ1v) is 8.77. The molecule has 0 saturated heterocycles. The minimum absolute atomic E-state index is 0.105. The van der Waals surface area contributed by atoms with Gasteiger partial charge in [-0.05, 0) is 50.2 Å². The molecular weight excluding hydrogens is 310 g/mol. The summed E-state index contributed by atoms with van der Waals surface area (Å²) in [7, 11) is 1.80. The van der Waals surface area contributed by atoms with Crippen LogP contribution in [0.5, 0.6) is 0 Å². The van der Waals surface area contributed by atoms with Gasteiger partial charge in [-0.1, -0.05) is 29.8 Å². The van der Waals surface area contributed by atoms with E-state index in [0.29, 0.717) is 5.41 Å². The quantitative estimate of drug-likeness (QED) is 0.431. The Kier molecular flexibility index (Phi) is 6.72. The molecule has 1 fully saturated rings. The van der Waals surface area contributed by atoms with Gasteiger partial charge < -0.3 is 15.4 Å². The fraction of sp³-hybridized carbons (Fsp3) is 0.611. The number of halogens is 1. The van der Waals surface area contributed by atoms with Crippen molar-refractivity contribution in [2.24, 2.45) is 10.4 Å². The van der Waals surface area contributed by atoms with E-state index in [-0.39, 0.29) is 6.04 Å². The number of hydrogen-bond donors (Lipinski definition) is 2. The molecule has 2 N–H and O–H groups in total. The van der Waals surface area contributed by atoms with E-state index < -0.39 is 0 Å². The summed E-state index contributed by atoms with van der Waals surface area (Å²) in [5.74, 6) is 0.820. The fourth-order valence-electron chi connectivity index (χ4n) is 2.70. The molecular formula is C18H28ClN3O. The Balaban J connectivity index is 1.83. The molecule has 1 aromatic carbocycles. The van der Waals surface area contributed by atoms with E-state index >= 15 is 0 Å². The SMILES string of the molecule is CCOCCC1(CNC(=NC)NC(C)c2ccccc2Cl)CC1. The Morgan fingerprint density at radius 3 is 2.74 bits per heavy atom. The molecule has 1 saturated carbocycles. The summed E-state index contributed by atoms with van der Waals surface area (Å²) in [6.07, 6.45) is 3.65. The molecule has 0 aliphatic heterocycles. The summed E-state index contributed by atoms with van der Waals surface area (Å²) in [6, 6.07) is 8.01. The van der Waals surface area contributed by atoms with E-state index in [2.05, 4.69) is 22.5 Å². The number of nitrogens with zero attached hydrogens (tertiary/aromatic N) is 1. The van der Waals surface area contributed by atoms with Crippen LogP contribution in [0.3, 0.4) is 0 Å². The third kappa shape index (κ3) is 5.40. The van der Waals surface area contributed by atoms with Gasteiger partial charge in [-0.2, -0.15) is 0 Å². The molecule has 2 rings (SSSR count). The molecule has 5 heteroatoms. The van der Waals surface area contributed by atoms with E-state index in [4.69, 9.17) is 16.3 Å². The first kappa shape index (κ1) is 18.1. The van der Waals surface area contributed by atoms with Gasteiger partial charge in [0.25, 0.3) is 0 Å². The van der Waals surface area contributed by atoms with Crippen LogP contribution in [-0.2, 0) is 4.74 Å². The predicted octanol–water partition coefficient (Wildman–Crippen LogP) is 3.77. The van der Waals surface area contributed by atoms with Gasteiger partial charge in [-0.25, -0.2) is 0 Å². The number of benzene rings is 1. The van der Waals surface area contributed by atoms with Gasteiger partial charge in [0.15, 0.2) is 5.96 Å². The average molecular weight is 338 g/mol. The van der Waals surface area contributed by atoms with Crippen LogP contribution >= 0.6 is 11.6 Å². The van der Waals surface area contributed by atoms with E-state index in [9.17, 15) is 0 Å². The maximum absolute atomic E-state index is 6.26. The van der Waals surface area contributed by atoms with E-state index in [1.54, 1.807) is 7.05 Å². The van der Waals surface area contributed by atoms with Crippen molar-refractivity contribution in [1.29, 1.82) is 0 Å². The number of ether oxygens (including phenoxy) is 1. The van der Waals surface area contributed by atoms with Crippen LogP contribution in [0.25, 0.3) is 0 Å². The van der Waals surface area contributed by atoms with Crippen molar-refractivity contribution in [3.63, 3.8) is 0 Å². The highest BCUT2D eigenvalue weighted by molar-refractivity contribution is 6.31. The van der Waals surface area contributed by atoms with Gasteiger partial charge in [-0.15, -0.1) is 0 Å². The Bertz CT molecular complexity index is 529. The van der Waals surface area contributed by atoms with Crippen molar-refractivity contribution in [3.8, 4) is 0 Å². The number of rotatable bonds is 8. The van der Waals surface area contributed by atoms with E-state index in [0.717, 1.165) is 42.7 Å². The molecule has 0 spiro atoms. The van der Waals surface area contributed by atoms with Gasteiger partial charge >= 0.3 is 0 Å². The summed E-state index contributed by atoms with van der Waals surface area (Å²) in [6.45, 7) is 6.72. The second-order valence-electron chi connectivity index (χ2n) is 6.26. The second-order valence-corrected chi connectivity index (χ2v) is 6.67. The number of guanidine groups is 1. The number of aliphatic imine (C=N–C) groups is 1. The van der Waals surface area contributed by atoms with E-state index in [1.165, 1.54) is 12.8 Å². The lowest BCUT2D eigenvalue weighted by molar-refractivity contribution is 0.128. The monoisotopic (exact) mass is 337 g/mol.